The van der Waals surface area contributed by atoms with Crippen LogP contribution in [0.4, 0.5) is 0 Å². The molecule has 0 N–H and O–H groups in total. The molecule has 1 aliphatic rings. The summed E-state index contributed by atoms with van der Waals surface area (Å²) < 4.78 is 5.85. The maximum atomic E-state index is 5.94. The topological polar surface area (TPSA) is 25.4 Å². The molecule has 1 atom stereocenters. The summed E-state index contributed by atoms with van der Waals surface area (Å²) in [4.78, 5) is 6.98. The molecule has 0 aromatic carbocycles. The van der Waals surface area contributed by atoms with Crippen LogP contribution in [0.15, 0.2) is 12.1 Å². The number of aromatic nitrogens is 1. The van der Waals surface area contributed by atoms with Gasteiger partial charge in [0.05, 0.1) is 6.61 Å². The van der Waals surface area contributed by atoms with Crippen molar-refractivity contribution < 1.29 is 4.74 Å². The van der Waals surface area contributed by atoms with Crippen molar-refractivity contribution in [2.24, 2.45) is 0 Å². The van der Waals surface area contributed by atoms with Crippen molar-refractivity contribution in [2.45, 2.75) is 50.9 Å². The van der Waals surface area contributed by atoms with E-state index in [-0.39, 0.29) is 0 Å². The summed E-state index contributed by atoms with van der Waals surface area (Å²) in [5.74, 6) is 1.24. The number of likely N-dealkylation sites (tertiary alicyclic amines) is 1. The van der Waals surface area contributed by atoms with E-state index in [0.717, 1.165) is 43.0 Å². The van der Waals surface area contributed by atoms with E-state index in [4.69, 9.17) is 16.3 Å². The third-order valence-electron chi connectivity index (χ3n) is 3.95. The van der Waals surface area contributed by atoms with Gasteiger partial charge in [0.2, 0.25) is 5.88 Å². The molecule has 4 heteroatoms. The molecule has 1 fully saturated rings. The van der Waals surface area contributed by atoms with Crippen molar-refractivity contribution in [3.63, 3.8) is 0 Å². The second-order valence-corrected chi connectivity index (χ2v) is 5.87. The van der Waals surface area contributed by atoms with Crippen LogP contribution in [0.5, 0.6) is 5.88 Å². The molecule has 112 valence electrons. The van der Waals surface area contributed by atoms with E-state index in [1.165, 1.54) is 19.4 Å². The highest BCUT2D eigenvalue weighted by Crippen LogP contribution is 2.19. The van der Waals surface area contributed by atoms with Gasteiger partial charge in [-0.3, -0.25) is 0 Å². The molecule has 0 spiro atoms. The van der Waals surface area contributed by atoms with E-state index in [1.807, 2.05) is 6.07 Å². The first kappa shape index (κ1) is 15.6. The summed E-state index contributed by atoms with van der Waals surface area (Å²) >= 11 is 5.94. The molecule has 0 radical (unpaired) electrons. The lowest BCUT2D eigenvalue weighted by Crippen LogP contribution is -2.26. The van der Waals surface area contributed by atoms with Gasteiger partial charge in [-0.15, -0.1) is 11.6 Å². The molecule has 0 aliphatic carbocycles. The first-order valence-electron chi connectivity index (χ1n) is 7.61. The molecule has 0 saturated carbocycles. The molecule has 2 heterocycles. The minimum absolute atomic E-state index is 0.515. The smallest absolute Gasteiger partial charge is 0.213 e. The van der Waals surface area contributed by atoms with Gasteiger partial charge < -0.3 is 9.64 Å². The standard InChI is InChI=1S/C16H25ClN2O/c1-3-5-14-10-13(12-17)11-16(18-14)20-9-7-15-6-4-8-19(15)2/h10-11,15H,3-9,12H2,1-2H3. The molecule has 2 rings (SSSR count). The van der Waals surface area contributed by atoms with Crippen LogP contribution in [0.2, 0.25) is 0 Å². The van der Waals surface area contributed by atoms with Crippen LogP contribution in [0, 0.1) is 0 Å². The van der Waals surface area contributed by atoms with Crippen molar-refractivity contribution in [3.8, 4) is 5.88 Å². The summed E-state index contributed by atoms with van der Waals surface area (Å²) in [5.41, 5.74) is 2.18. The molecular weight excluding hydrogens is 272 g/mol. The number of rotatable bonds is 7. The predicted octanol–water partition coefficient (Wildman–Crippen LogP) is 3.64. The van der Waals surface area contributed by atoms with Gasteiger partial charge in [-0.1, -0.05) is 13.3 Å². The molecular formula is C16H25ClN2O. The number of alkyl halides is 1. The predicted molar refractivity (Wildman–Crippen MR) is 83.6 cm³/mol. The van der Waals surface area contributed by atoms with Crippen LogP contribution in [0.3, 0.4) is 0 Å². The molecule has 20 heavy (non-hydrogen) atoms. The molecule has 1 aromatic heterocycles. The summed E-state index contributed by atoms with van der Waals surface area (Å²) in [6, 6.07) is 4.71. The minimum atomic E-state index is 0.515. The van der Waals surface area contributed by atoms with Crippen molar-refractivity contribution in [3.05, 3.63) is 23.4 Å². The second-order valence-electron chi connectivity index (χ2n) is 5.60. The van der Waals surface area contributed by atoms with Gasteiger partial charge in [0.25, 0.3) is 0 Å². The summed E-state index contributed by atoms with van der Waals surface area (Å²) in [6.07, 6.45) is 5.74. The van der Waals surface area contributed by atoms with Crippen LogP contribution >= 0.6 is 11.6 Å². The van der Waals surface area contributed by atoms with Crippen LogP contribution in [-0.4, -0.2) is 36.1 Å². The van der Waals surface area contributed by atoms with E-state index >= 15 is 0 Å². The fraction of sp³-hybridized carbons (Fsp3) is 0.688. The van der Waals surface area contributed by atoms with Gasteiger partial charge >= 0.3 is 0 Å². The first-order valence-corrected chi connectivity index (χ1v) is 8.15. The lowest BCUT2D eigenvalue weighted by atomic mass is 10.1. The average Bonchev–Trinajstić information content (AvgIpc) is 2.84. The van der Waals surface area contributed by atoms with Crippen molar-refractivity contribution >= 4 is 11.6 Å². The van der Waals surface area contributed by atoms with Crippen molar-refractivity contribution in [2.75, 3.05) is 20.2 Å². The van der Waals surface area contributed by atoms with Gasteiger partial charge in [-0.25, -0.2) is 4.98 Å². The first-order chi connectivity index (χ1) is 9.72. The Bertz CT molecular complexity index is 425. The quantitative estimate of drug-likeness (QED) is 0.718. The molecule has 1 unspecified atom stereocenters. The number of ether oxygens (including phenoxy) is 1. The van der Waals surface area contributed by atoms with Crippen molar-refractivity contribution in [1.29, 1.82) is 0 Å². The normalized spacial score (nSPS) is 19.4. The second kappa shape index (κ2) is 7.84. The van der Waals surface area contributed by atoms with Gasteiger partial charge in [-0.2, -0.15) is 0 Å². The van der Waals surface area contributed by atoms with Crippen LogP contribution in [-0.2, 0) is 12.3 Å². The highest BCUT2D eigenvalue weighted by Gasteiger charge is 2.20. The van der Waals surface area contributed by atoms with Gasteiger partial charge in [0.15, 0.2) is 0 Å². The summed E-state index contributed by atoms with van der Waals surface area (Å²) in [6.45, 7) is 4.11. The summed E-state index contributed by atoms with van der Waals surface area (Å²) in [7, 11) is 2.20. The fourth-order valence-electron chi connectivity index (χ4n) is 2.80. The Balaban J connectivity index is 1.89. The number of aryl methyl sites for hydroxylation is 1. The fourth-order valence-corrected chi connectivity index (χ4v) is 2.95. The lowest BCUT2D eigenvalue weighted by Gasteiger charge is -2.19. The maximum Gasteiger partial charge on any atom is 0.213 e. The highest BCUT2D eigenvalue weighted by atomic mass is 35.5. The van der Waals surface area contributed by atoms with Crippen LogP contribution in [0.25, 0.3) is 0 Å². The molecule has 0 amide bonds. The molecule has 3 nitrogen and oxygen atoms in total. The monoisotopic (exact) mass is 296 g/mol. The zero-order valence-corrected chi connectivity index (χ0v) is 13.3. The Hall–Kier alpha value is -0.800. The van der Waals surface area contributed by atoms with E-state index < -0.39 is 0 Å². The Morgan fingerprint density at radius 2 is 2.30 bits per heavy atom. The van der Waals surface area contributed by atoms with Crippen LogP contribution in [0.1, 0.15) is 43.9 Å². The minimum Gasteiger partial charge on any atom is -0.478 e. The Labute approximate surface area is 127 Å². The number of pyridine rings is 1. The van der Waals surface area contributed by atoms with E-state index in [1.54, 1.807) is 0 Å². The third-order valence-corrected chi connectivity index (χ3v) is 4.26. The van der Waals surface area contributed by atoms with Gasteiger partial charge in [-0.05, 0) is 50.9 Å². The SMILES string of the molecule is CCCc1cc(CCl)cc(OCCC2CCCN2C)n1. The number of nitrogens with zero attached hydrogens (tertiary/aromatic N) is 2. The van der Waals surface area contributed by atoms with E-state index in [2.05, 4.69) is 29.9 Å². The third kappa shape index (κ3) is 4.35. The molecule has 0 bridgehead atoms. The van der Waals surface area contributed by atoms with E-state index in [0.29, 0.717) is 11.9 Å². The summed E-state index contributed by atoms with van der Waals surface area (Å²) in [5, 5.41) is 0. The number of halogens is 1. The van der Waals surface area contributed by atoms with Crippen molar-refractivity contribution in [1.82, 2.24) is 9.88 Å². The number of hydrogen-bond donors (Lipinski definition) is 0. The zero-order chi connectivity index (χ0) is 14.4. The van der Waals surface area contributed by atoms with Gasteiger partial charge in [0.1, 0.15) is 0 Å². The Kier molecular flexibility index (Phi) is 6.11. The lowest BCUT2D eigenvalue weighted by molar-refractivity contribution is 0.228. The Morgan fingerprint density at radius 3 is 2.95 bits per heavy atom. The van der Waals surface area contributed by atoms with Gasteiger partial charge in [0, 0.05) is 23.7 Å². The van der Waals surface area contributed by atoms with E-state index in [9.17, 15) is 0 Å². The maximum absolute atomic E-state index is 5.94. The molecule has 1 aromatic rings. The Morgan fingerprint density at radius 1 is 1.45 bits per heavy atom. The highest BCUT2D eigenvalue weighted by molar-refractivity contribution is 6.17. The number of hydrogen-bond acceptors (Lipinski definition) is 3. The molecule has 1 saturated heterocycles. The largest absolute Gasteiger partial charge is 0.478 e. The zero-order valence-electron chi connectivity index (χ0n) is 12.6. The average molecular weight is 297 g/mol. The molecule has 1 aliphatic heterocycles. The van der Waals surface area contributed by atoms with Crippen LogP contribution < -0.4 is 4.74 Å².